The van der Waals surface area contributed by atoms with Crippen LogP contribution in [0.5, 0.6) is 0 Å². The van der Waals surface area contributed by atoms with Gasteiger partial charge in [-0.1, -0.05) is 0 Å². The summed E-state index contributed by atoms with van der Waals surface area (Å²) in [6.07, 6.45) is 1.53. The van der Waals surface area contributed by atoms with Gasteiger partial charge in [-0.25, -0.2) is 4.98 Å². The lowest BCUT2D eigenvalue weighted by Gasteiger charge is -2.17. The molecule has 1 aromatic heterocycles. The summed E-state index contributed by atoms with van der Waals surface area (Å²) in [7, 11) is 0. The molecule has 0 aromatic carbocycles. The maximum absolute atomic E-state index is 8.82. The van der Waals surface area contributed by atoms with Crippen molar-refractivity contribution in [3.63, 3.8) is 0 Å². The number of hydrogen-bond donors (Lipinski definition) is 0. The molecule has 0 bridgehead atoms. The van der Waals surface area contributed by atoms with E-state index in [1.165, 1.54) is 11.1 Å². The molecule has 1 aromatic rings. The van der Waals surface area contributed by atoms with Crippen LogP contribution in [0.1, 0.15) is 5.56 Å². The summed E-state index contributed by atoms with van der Waals surface area (Å²) in [6.45, 7) is 0.0819. The zero-order valence-electron chi connectivity index (χ0n) is 7.88. The Morgan fingerprint density at radius 2 is 1.87 bits per heavy atom. The molecule has 0 aliphatic carbocycles. The second kappa shape index (κ2) is 5.21. The summed E-state index contributed by atoms with van der Waals surface area (Å²) >= 11 is 0. The van der Waals surface area contributed by atoms with E-state index in [0.717, 1.165) is 0 Å². The van der Waals surface area contributed by atoms with Crippen molar-refractivity contribution in [2.45, 2.75) is 0 Å². The molecular weight excluding hydrogens is 190 g/mol. The van der Waals surface area contributed by atoms with Gasteiger partial charge in [-0.2, -0.15) is 15.8 Å². The van der Waals surface area contributed by atoms with E-state index in [9.17, 15) is 0 Å². The van der Waals surface area contributed by atoms with Crippen LogP contribution in [-0.2, 0) is 0 Å². The van der Waals surface area contributed by atoms with Gasteiger partial charge in [0.05, 0.1) is 17.7 Å². The molecule has 0 saturated heterocycles. The van der Waals surface area contributed by atoms with Crippen molar-refractivity contribution >= 4 is 5.82 Å². The van der Waals surface area contributed by atoms with E-state index in [-0.39, 0.29) is 13.1 Å². The first-order valence-corrected chi connectivity index (χ1v) is 4.17. The van der Waals surface area contributed by atoms with Gasteiger partial charge in [0.2, 0.25) is 0 Å². The van der Waals surface area contributed by atoms with E-state index < -0.39 is 0 Å². The molecule has 0 spiro atoms. The van der Waals surface area contributed by atoms with Crippen LogP contribution in [0.25, 0.3) is 0 Å². The molecule has 15 heavy (non-hydrogen) atoms. The van der Waals surface area contributed by atoms with Gasteiger partial charge < -0.3 is 4.90 Å². The molecule has 0 fully saturated rings. The molecule has 5 heteroatoms. The summed E-state index contributed by atoms with van der Waals surface area (Å²) in [6, 6.07) is 9.06. The lowest BCUT2D eigenvalue weighted by Crippen LogP contribution is -2.25. The minimum Gasteiger partial charge on any atom is -0.329 e. The van der Waals surface area contributed by atoms with Crippen molar-refractivity contribution in [1.82, 2.24) is 4.98 Å². The van der Waals surface area contributed by atoms with Gasteiger partial charge in [0.1, 0.15) is 25.0 Å². The smallest absolute Gasteiger partial charge is 0.148 e. The molecule has 0 atom stereocenters. The number of aromatic nitrogens is 1. The van der Waals surface area contributed by atoms with E-state index in [1.54, 1.807) is 12.1 Å². The molecule has 0 amide bonds. The normalized spacial score (nSPS) is 8.33. The second-order valence-electron chi connectivity index (χ2n) is 2.66. The maximum Gasteiger partial charge on any atom is 0.148 e. The minimum absolute atomic E-state index is 0.0409. The molecule has 0 saturated carbocycles. The fraction of sp³-hybridized carbons (Fsp3) is 0.200. The van der Waals surface area contributed by atoms with Gasteiger partial charge in [-0.15, -0.1) is 0 Å². The van der Waals surface area contributed by atoms with Crippen LogP contribution >= 0.6 is 0 Å². The highest BCUT2D eigenvalue weighted by atomic mass is 15.2. The number of nitriles is 3. The van der Waals surface area contributed by atoms with E-state index in [2.05, 4.69) is 4.98 Å². The number of pyridine rings is 1. The van der Waals surface area contributed by atoms with Gasteiger partial charge in [0, 0.05) is 6.20 Å². The molecular formula is C10H7N5. The summed E-state index contributed by atoms with van der Waals surface area (Å²) in [5.74, 6) is 0.378. The summed E-state index contributed by atoms with van der Waals surface area (Å²) in [4.78, 5) is 5.45. The highest BCUT2D eigenvalue weighted by Gasteiger charge is 2.11. The Labute approximate surface area is 87.4 Å². The predicted octanol–water partition coefficient (Wildman–Crippen LogP) is 0.807. The van der Waals surface area contributed by atoms with E-state index in [0.29, 0.717) is 11.4 Å². The minimum atomic E-state index is 0.0409. The van der Waals surface area contributed by atoms with Gasteiger partial charge in [0.25, 0.3) is 0 Å². The average Bonchev–Trinajstić information content (AvgIpc) is 2.29. The lowest BCUT2D eigenvalue weighted by molar-refractivity contribution is 0.932. The van der Waals surface area contributed by atoms with Crippen molar-refractivity contribution in [3.05, 3.63) is 23.9 Å². The average molecular weight is 197 g/mol. The third kappa shape index (κ3) is 2.43. The zero-order valence-corrected chi connectivity index (χ0v) is 7.88. The van der Waals surface area contributed by atoms with E-state index in [4.69, 9.17) is 15.8 Å². The molecule has 0 unspecified atom stereocenters. The Bertz CT molecular complexity index is 444. The van der Waals surface area contributed by atoms with Crippen LogP contribution < -0.4 is 4.90 Å². The standard InChI is InChI=1S/C10H7N5/c11-3-6-15(7-4-12)10-9(8-13)2-1-5-14-10/h1-2,5H,6-7H2. The molecule has 1 rings (SSSR count). The van der Waals surface area contributed by atoms with Crippen molar-refractivity contribution < 1.29 is 0 Å². The first kappa shape index (κ1) is 10.5. The molecule has 0 aliphatic rings. The number of hydrogen-bond acceptors (Lipinski definition) is 5. The third-order valence-corrected chi connectivity index (χ3v) is 1.73. The van der Waals surface area contributed by atoms with Crippen LogP contribution in [0, 0.1) is 34.0 Å². The third-order valence-electron chi connectivity index (χ3n) is 1.73. The van der Waals surface area contributed by atoms with E-state index >= 15 is 0 Å². The molecule has 5 nitrogen and oxygen atoms in total. The predicted molar refractivity (Wildman–Crippen MR) is 52.4 cm³/mol. The highest BCUT2D eigenvalue weighted by Crippen LogP contribution is 2.14. The topological polar surface area (TPSA) is 87.5 Å². The van der Waals surface area contributed by atoms with Gasteiger partial charge >= 0.3 is 0 Å². The van der Waals surface area contributed by atoms with Crippen molar-refractivity contribution in [3.8, 4) is 18.2 Å². The number of anilines is 1. The van der Waals surface area contributed by atoms with Crippen molar-refractivity contribution in [2.24, 2.45) is 0 Å². The Morgan fingerprint density at radius 1 is 1.20 bits per heavy atom. The van der Waals surface area contributed by atoms with Crippen LogP contribution in [-0.4, -0.2) is 18.1 Å². The summed E-state index contributed by atoms with van der Waals surface area (Å²) in [5, 5.41) is 26.0. The lowest BCUT2D eigenvalue weighted by atomic mass is 10.2. The maximum atomic E-state index is 8.82. The second-order valence-corrected chi connectivity index (χ2v) is 2.66. The van der Waals surface area contributed by atoms with Crippen molar-refractivity contribution in [1.29, 1.82) is 15.8 Å². The Balaban J connectivity index is 3.07. The first-order valence-electron chi connectivity index (χ1n) is 4.17. The molecule has 0 N–H and O–H groups in total. The zero-order chi connectivity index (χ0) is 11.1. The van der Waals surface area contributed by atoms with Crippen LogP contribution in [0.3, 0.4) is 0 Å². The number of rotatable bonds is 3. The Kier molecular flexibility index (Phi) is 3.65. The van der Waals surface area contributed by atoms with Crippen LogP contribution in [0.4, 0.5) is 5.82 Å². The van der Waals surface area contributed by atoms with E-state index in [1.807, 2.05) is 18.2 Å². The Hall–Kier alpha value is -2.58. The van der Waals surface area contributed by atoms with Crippen molar-refractivity contribution in [2.75, 3.05) is 18.0 Å². The largest absolute Gasteiger partial charge is 0.329 e. The van der Waals surface area contributed by atoms with Gasteiger partial charge in [0.15, 0.2) is 0 Å². The first-order chi connectivity index (χ1) is 7.33. The Morgan fingerprint density at radius 3 is 2.40 bits per heavy atom. The SMILES string of the molecule is N#CCN(CC#N)c1ncccc1C#N. The number of nitrogens with zero attached hydrogens (tertiary/aromatic N) is 5. The summed E-state index contributed by atoms with van der Waals surface area (Å²) in [5.41, 5.74) is 0.364. The fourth-order valence-electron chi connectivity index (χ4n) is 1.11. The molecule has 0 radical (unpaired) electrons. The monoisotopic (exact) mass is 197 g/mol. The van der Waals surface area contributed by atoms with Crippen LogP contribution in [0.15, 0.2) is 18.3 Å². The highest BCUT2D eigenvalue weighted by molar-refractivity contribution is 5.54. The van der Waals surface area contributed by atoms with Gasteiger partial charge in [-0.3, -0.25) is 0 Å². The van der Waals surface area contributed by atoms with Gasteiger partial charge in [-0.05, 0) is 12.1 Å². The molecule has 72 valence electrons. The molecule has 1 heterocycles. The molecule has 0 aliphatic heterocycles. The van der Waals surface area contributed by atoms with Crippen LogP contribution in [0.2, 0.25) is 0 Å². The quantitative estimate of drug-likeness (QED) is 0.669. The summed E-state index contributed by atoms with van der Waals surface area (Å²) < 4.78 is 0. The fourth-order valence-corrected chi connectivity index (χ4v) is 1.11.